The largest absolute Gasteiger partial charge is 0.370 e. The van der Waals surface area contributed by atoms with Gasteiger partial charge >= 0.3 is 0 Å². The van der Waals surface area contributed by atoms with Crippen molar-refractivity contribution in [3.8, 4) is 0 Å². The first-order valence-electron chi connectivity index (χ1n) is 8.12. The summed E-state index contributed by atoms with van der Waals surface area (Å²) < 4.78 is 33.8. The van der Waals surface area contributed by atoms with E-state index in [2.05, 4.69) is 14.8 Å². The van der Waals surface area contributed by atoms with Crippen molar-refractivity contribution in [2.75, 3.05) is 18.9 Å². The van der Waals surface area contributed by atoms with Crippen LogP contribution in [0, 0.1) is 0 Å². The number of aromatic nitrogens is 3. The van der Waals surface area contributed by atoms with Crippen molar-refractivity contribution < 1.29 is 13.2 Å². The molecule has 8 heteroatoms. The van der Waals surface area contributed by atoms with E-state index in [1.807, 2.05) is 36.0 Å². The number of pyridine rings is 1. The predicted octanol–water partition coefficient (Wildman–Crippen LogP) is 1.27. The summed E-state index contributed by atoms with van der Waals surface area (Å²) in [6.07, 6.45) is 4.79. The molecule has 0 unspecified atom stereocenters. The second kappa shape index (κ2) is 7.42. The van der Waals surface area contributed by atoms with Crippen LogP contribution in [0.15, 0.2) is 30.6 Å². The first-order valence-corrected chi connectivity index (χ1v) is 9.77. The van der Waals surface area contributed by atoms with Crippen molar-refractivity contribution in [1.29, 1.82) is 0 Å². The van der Waals surface area contributed by atoms with Gasteiger partial charge in [-0.25, -0.2) is 13.1 Å². The molecule has 0 spiro atoms. The highest BCUT2D eigenvalue weighted by atomic mass is 32.2. The van der Waals surface area contributed by atoms with Crippen LogP contribution in [0.4, 0.5) is 0 Å². The fourth-order valence-corrected chi connectivity index (χ4v) is 3.86. The normalized spacial score (nSPS) is 17.6. The predicted molar refractivity (Wildman–Crippen MR) is 90.0 cm³/mol. The third kappa shape index (κ3) is 4.19. The zero-order valence-corrected chi connectivity index (χ0v) is 14.5. The molecule has 2 aromatic heterocycles. The van der Waals surface area contributed by atoms with Gasteiger partial charge in [0.05, 0.1) is 30.3 Å². The summed E-state index contributed by atoms with van der Waals surface area (Å²) in [7, 11) is -3.25. The van der Waals surface area contributed by atoms with Crippen molar-refractivity contribution in [2.45, 2.75) is 32.4 Å². The Morgan fingerprint density at radius 2 is 2.29 bits per heavy atom. The van der Waals surface area contributed by atoms with E-state index >= 15 is 0 Å². The molecule has 0 amide bonds. The van der Waals surface area contributed by atoms with Crippen LogP contribution in [0.3, 0.4) is 0 Å². The summed E-state index contributed by atoms with van der Waals surface area (Å²) in [5.74, 6) is 0.126. The Balaban J connectivity index is 1.71. The molecule has 0 saturated carbocycles. The monoisotopic (exact) mass is 350 g/mol. The molecule has 1 aliphatic heterocycles. The van der Waals surface area contributed by atoms with Gasteiger partial charge in [0.25, 0.3) is 0 Å². The van der Waals surface area contributed by atoms with Crippen LogP contribution >= 0.6 is 0 Å². The van der Waals surface area contributed by atoms with E-state index in [0.717, 1.165) is 23.4 Å². The first-order chi connectivity index (χ1) is 11.6. The van der Waals surface area contributed by atoms with Crippen molar-refractivity contribution >= 4 is 10.0 Å². The van der Waals surface area contributed by atoms with Gasteiger partial charge in [-0.2, -0.15) is 5.10 Å². The standard InChI is InChI=1S/C16H22N4O3S/c1-2-9-24(21,22)18-10-15-16-13(6-8-23-15)11-20(19-16)12-14-5-3-4-7-17-14/h3-5,7,11,15,18H,2,6,8-10,12H2,1H3/t15-/m0/s1. The van der Waals surface area contributed by atoms with Gasteiger partial charge in [0.2, 0.25) is 10.0 Å². The zero-order chi connectivity index (χ0) is 17.0. The van der Waals surface area contributed by atoms with Gasteiger partial charge < -0.3 is 4.74 Å². The lowest BCUT2D eigenvalue weighted by molar-refractivity contribution is 0.0430. The number of nitrogens with one attached hydrogen (secondary N) is 1. The topological polar surface area (TPSA) is 86.1 Å². The molecule has 3 rings (SSSR count). The van der Waals surface area contributed by atoms with Crippen molar-refractivity contribution in [3.63, 3.8) is 0 Å². The summed E-state index contributed by atoms with van der Waals surface area (Å²) >= 11 is 0. The van der Waals surface area contributed by atoms with Crippen molar-refractivity contribution in [1.82, 2.24) is 19.5 Å². The average Bonchev–Trinajstić information content (AvgIpc) is 2.96. The molecule has 0 bridgehead atoms. The van der Waals surface area contributed by atoms with Crippen LogP contribution in [0.5, 0.6) is 0 Å². The Bertz CT molecular complexity index is 774. The molecule has 7 nitrogen and oxygen atoms in total. The number of hydrogen-bond donors (Lipinski definition) is 1. The maximum atomic E-state index is 11.8. The summed E-state index contributed by atoms with van der Waals surface area (Å²) in [6.45, 7) is 3.22. The Morgan fingerprint density at radius 1 is 1.42 bits per heavy atom. The van der Waals surface area contributed by atoms with Gasteiger partial charge in [0, 0.05) is 18.9 Å². The minimum atomic E-state index is -3.25. The number of rotatable bonds is 7. The lowest BCUT2D eigenvalue weighted by Crippen LogP contribution is -2.33. The number of ether oxygens (including phenoxy) is 1. The summed E-state index contributed by atoms with van der Waals surface area (Å²) in [5, 5.41) is 4.59. The van der Waals surface area contributed by atoms with Crippen LogP contribution in [-0.2, 0) is 27.7 Å². The first kappa shape index (κ1) is 17.1. The molecule has 0 aromatic carbocycles. The van der Waals surface area contributed by atoms with Gasteiger partial charge in [0.15, 0.2) is 0 Å². The minimum Gasteiger partial charge on any atom is -0.370 e. The smallest absolute Gasteiger partial charge is 0.211 e. The van der Waals surface area contributed by atoms with Crippen molar-refractivity contribution in [2.24, 2.45) is 0 Å². The summed E-state index contributed by atoms with van der Waals surface area (Å²) in [6, 6.07) is 5.78. The van der Waals surface area contributed by atoms with Crippen molar-refractivity contribution in [3.05, 3.63) is 47.5 Å². The number of nitrogens with zero attached hydrogens (tertiary/aromatic N) is 3. The maximum Gasteiger partial charge on any atom is 0.211 e. The lowest BCUT2D eigenvalue weighted by Gasteiger charge is -2.22. The molecule has 0 saturated heterocycles. The van der Waals surface area contributed by atoms with Gasteiger partial charge in [-0.15, -0.1) is 0 Å². The molecular weight excluding hydrogens is 328 g/mol. The Kier molecular flexibility index (Phi) is 5.27. The van der Waals surface area contributed by atoms with E-state index < -0.39 is 10.0 Å². The van der Waals surface area contributed by atoms with Gasteiger partial charge in [0.1, 0.15) is 6.10 Å². The molecule has 0 radical (unpaired) electrons. The molecule has 130 valence electrons. The number of sulfonamides is 1. The average molecular weight is 350 g/mol. The van der Waals surface area contributed by atoms with E-state index in [4.69, 9.17) is 4.74 Å². The van der Waals surface area contributed by atoms with Crippen LogP contribution < -0.4 is 4.72 Å². The molecule has 3 heterocycles. The molecule has 24 heavy (non-hydrogen) atoms. The number of hydrogen-bond acceptors (Lipinski definition) is 5. The van der Waals surface area contributed by atoms with E-state index in [0.29, 0.717) is 19.6 Å². The SMILES string of the molecule is CCCS(=O)(=O)NC[C@@H]1OCCc2cn(Cc3ccccn3)nc21. The minimum absolute atomic E-state index is 0.126. The summed E-state index contributed by atoms with van der Waals surface area (Å²) in [5.41, 5.74) is 2.85. The highest BCUT2D eigenvalue weighted by Gasteiger charge is 2.26. The highest BCUT2D eigenvalue weighted by molar-refractivity contribution is 7.89. The molecule has 0 fully saturated rings. The molecule has 1 aliphatic rings. The Hall–Kier alpha value is -1.77. The van der Waals surface area contributed by atoms with E-state index in [9.17, 15) is 8.42 Å². The molecule has 1 atom stereocenters. The Morgan fingerprint density at radius 3 is 3.04 bits per heavy atom. The quantitative estimate of drug-likeness (QED) is 0.813. The third-order valence-electron chi connectivity index (χ3n) is 3.88. The van der Waals surface area contributed by atoms with Crippen LogP contribution in [0.1, 0.15) is 36.4 Å². The van der Waals surface area contributed by atoms with Gasteiger partial charge in [-0.1, -0.05) is 13.0 Å². The number of fused-ring (bicyclic) bond motifs is 1. The van der Waals surface area contributed by atoms with Crippen LogP contribution in [0.2, 0.25) is 0 Å². The Labute approximate surface area is 142 Å². The fourth-order valence-electron chi connectivity index (χ4n) is 2.77. The van der Waals surface area contributed by atoms with Gasteiger partial charge in [-0.3, -0.25) is 9.67 Å². The zero-order valence-electron chi connectivity index (χ0n) is 13.7. The van der Waals surface area contributed by atoms with Crippen LogP contribution in [-0.4, -0.2) is 42.1 Å². The molecule has 0 aliphatic carbocycles. The summed E-state index contributed by atoms with van der Waals surface area (Å²) in [4.78, 5) is 4.30. The molecular formula is C16H22N4O3S. The van der Waals surface area contributed by atoms with Crippen LogP contribution in [0.25, 0.3) is 0 Å². The maximum absolute atomic E-state index is 11.8. The van der Waals surface area contributed by atoms with Gasteiger partial charge in [-0.05, 0) is 30.5 Å². The second-order valence-electron chi connectivity index (χ2n) is 5.83. The van der Waals surface area contributed by atoms with E-state index in [1.54, 1.807) is 6.20 Å². The van der Waals surface area contributed by atoms with E-state index in [1.165, 1.54) is 0 Å². The fraction of sp³-hybridized carbons (Fsp3) is 0.500. The second-order valence-corrected chi connectivity index (χ2v) is 7.76. The molecule has 2 aromatic rings. The highest BCUT2D eigenvalue weighted by Crippen LogP contribution is 2.25. The van der Waals surface area contributed by atoms with E-state index in [-0.39, 0.29) is 18.4 Å². The molecule has 1 N–H and O–H groups in total. The lowest BCUT2D eigenvalue weighted by atomic mass is 10.1. The third-order valence-corrected chi connectivity index (χ3v) is 5.43.